The molecule has 1 heterocycles. The molecule has 0 aliphatic carbocycles. The van der Waals surface area contributed by atoms with Gasteiger partial charge in [-0.1, -0.05) is 17.7 Å². The SMILES string of the molecule is CC(C)N(Cc1ncc[nH]1)c1cccc(Oc2ccc(Cl)cc2)c1. The molecule has 0 saturated heterocycles. The van der Waals surface area contributed by atoms with Crippen LogP contribution in [0.25, 0.3) is 0 Å². The standard InChI is InChI=1S/C19H20ClN3O/c1-14(2)23(13-19-21-10-11-22-19)16-4-3-5-18(12-16)24-17-8-6-15(20)7-9-17/h3-12,14H,13H2,1-2H3,(H,21,22). The average molecular weight is 342 g/mol. The first-order chi connectivity index (χ1) is 11.6. The third kappa shape index (κ3) is 4.09. The number of aromatic amines is 1. The highest BCUT2D eigenvalue weighted by atomic mass is 35.5. The Morgan fingerprint density at radius 3 is 2.58 bits per heavy atom. The van der Waals surface area contributed by atoms with Crippen LogP contribution >= 0.6 is 11.6 Å². The van der Waals surface area contributed by atoms with Crippen molar-refractivity contribution < 1.29 is 4.74 Å². The maximum atomic E-state index is 5.93. The van der Waals surface area contributed by atoms with E-state index in [1.54, 1.807) is 6.20 Å². The summed E-state index contributed by atoms with van der Waals surface area (Å²) in [5, 5.41) is 0.695. The molecule has 3 aromatic rings. The van der Waals surface area contributed by atoms with Gasteiger partial charge in [-0.2, -0.15) is 0 Å². The molecular formula is C19H20ClN3O. The molecule has 0 radical (unpaired) electrons. The Kier molecular flexibility index (Phi) is 5.06. The quantitative estimate of drug-likeness (QED) is 0.664. The molecule has 0 unspecified atom stereocenters. The zero-order valence-corrected chi connectivity index (χ0v) is 14.5. The minimum Gasteiger partial charge on any atom is -0.457 e. The summed E-state index contributed by atoms with van der Waals surface area (Å²) >= 11 is 5.91. The first kappa shape index (κ1) is 16.4. The van der Waals surface area contributed by atoms with Crippen LogP contribution in [-0.4, -0.2) is 16.0 Å². The van der Waals surface area contributed by atoms with Crippen LogP contribution in [0.3, 0.4) is 0 Å². The number of hydrogen-bond acceptors (Lipinski definition) is 3. The van der Waals surface area contributed by atoms with Crippen molar-refractivity contribution in [3.8, 4) is 11.5 Å². The van der Waals surface area contributed by atoms with Crippen LogP contribution in [-0.2, 0) is 6.54 Å². The van der Waals surface area contributed by atoms with Crippen LogP contribution in [0.4, 0.5) is 5.69 Å². The molecule has 3 rings (SSSR count). The first-order valence-corrected chi connectivity index (χ1v) is 8.28. The second kappa shape index (κ2) is 7.41. The Bertz CT molecular complexity index is 770. The molecule has 1 N–H and O–H groups in total. The van der Waals surface area contributed by atoms with Gasteiger partial charge in [0.25, 0.3) is 0 Å². The molecule has 4 nitrogen and oxygen atoms in total. The molecule has 0 spiro atoms. The van der Waals surface area contributed by atoms with E-state index in [4.69, 9.17) is 16.3 Å². The maximum Gasteiger partial charge on any atom is 0.129 e. The highest BCUT2D eigenvalue weighted by Crippen LogP contribution is 2.28. The van der Waals surface area contributed by atoms with Gasteiger partial charge < -0.3 is 14.6 Å². The van der Waals surface area contributed by atoms with E-state index in [1.165, 1.54) is 0 Å². The smallest absolute Gasteiger partial charge is 0.129 e. The fourth-order valence-corrected chi connectivity index (χ4v) is 2.61. The highest BCUT2D eigenvalue weighted by Gasteiger charge is 2.13. The predicted molar refractivity (Wildman–Crippen MR) is 97.9 cm³/mol. The Balaban J connectivity index is 1.80. The van der Waals surface area contributed by atoms with Gasteiger partial charge in [0.15, 0.2) is 0 Å². The van der Waals surface area contributed by atoms with E-state index in [0.717, 1.165) is 29.6 Å². The normalized spacial score (nSPS) is 10.8. The summed E-state index contributed by atoms with van der Waals surface area (Å²) in [4.78, 5) is 9.75. The first-order valence-electron chi connectivity index (χ1n) is 7.90. The number of rotatable bonds is 6. The van der Waals surface area contributed by atoms with Crippen molar-refractivity contribution in [2.45, 2.75) is 26.4 Å². The number of nitrogens with zero attached hydrogens (tertiary/aromatic N) is 2. The summed E-state index contributed by atoms with van der Waals surface area (Å²) in [6.07, 6.45) is 3.61. The number of hydrogen-bond donors (Lipinski definition) is 1. The maximum absolute atomic E-state index is 5.93. The number of benzene rings is 2. The molecule has 0 aliphatic rings. The van der Waals surface area contributed by atoms with Crippen molar-refractivity contribution in [2.75, 3.05) is 4.90 Å². The fourth-order valence-electron chi connectivity index (χ4n) is 2.48. The molecule has 5 heteroatoms. The Labute approximate surface area is 147 Å². The van der Waals surface area contributed by atoms with Crippen molar-refractivity contribution in [2.24, 2.45) is 0 Å². The van der Waals surface area contributed by atoms with Gasteiger partial charge in [0.2, 0.25) is 0 Å². The number of nitrogens with one attached hydrogen (secondary N) is 1. The molecule has 124 valence electrons. The third-order valence-corrected chi connectivity index (χ3v) is 3.95. The van der Waals surface area contributed by atoms with Gasteiger partial charge in [0.1, 0.15) is 17.3 Å². The predicted octanol–water partition coefficient (Wildman–Crippen LogP) is 5.27. The molecule has 0 amide bonds. The van der Waals surface area contributed by atoms with Crippen LogP contribution in [0, 0.1) is 0 Å². The van der Waals surface area contributed by atoms with E-state index in [2.05, 4.69) is 34.8 Å². The van der Waals surface area contributed by atoms with Gasteiger partial charge in [-0.25, -0.2) is 4.98 Å². The van der Waals surface area contributed by atoms with Crippen LogP contribution < -0.4 is 9.64 Å². The lowest BCUT2D eigenvalue weighted by molar-refractivity contribution is 0.482. The van der Waals surface area contributed by atoms with Gasteiger partial charge in [-0.05, 0) is 50.2 Å². The third-order valence-electron chi connectivity index (χ3n) is 3.70. The average Bonchev–Trinajstić information content (AvgIpc) is 3.08. The number of anilines is 1. The minimum atomic E-state index is 0.334. The topological polar surface area (TPSA) is 41.2 Å². The zero-order valence-electron chi connectivity index (χ0n) is 13.7. The van der Waals surface area contributed by atoms with Crippen LogP contribution in [0.5, 0.6) is 11.5 Å². The van der Waals surface area contributed by atoms with Gasteiger partial charge in [-0.3, -0.25) is 0 Å². The monoisotopic (exact) mass is 341 g/mol. The zero-order chi connectivity index (χ0) is 16.9. The van der Waals surface area contributed by atoms with E-state index in [0.29, 0.717) is 11.1 Å². The summed E-state index contributed by atoms with van der Waals surface area (Å²) in [6.45, 7) is 5.04. The number of imidazole rings is 1. The summed E-state index contributed by atoms with van der Waals surface area (Å²) in [6, 6.07) is 15.8. The van der Waals surface area contributed by atoms with Crippen LogP contribution in [0.1, 0.15) is 19.7 Å². The summed E-state index contributed by atoms with van der Waals surface area (Å²) in [5.74, 6) is 2.49. The molecule has 1 aromatic heterocycles. The van der Waals surface area contributed by atoms with Gasteiger partial charge in [0, 0.05) is 35.2 Å². The minimum absolute atomic E-state index is 0.334. The van der Waals surface area contributed by atoms with Crippen molar-refractivity contribution in [3.05, 3.63) is 71.8 Å². The number of H-pyrrole nitrogens is 1. The molecule has 0 atom stereocenters. The summed E-state index contributed by atoms with van der Waals surface area (Å²) in [5.41, 5.74) is 1.09. The van der Waals surface area contributed by atoms with Crippen LogP contribution in [0.15, 0.2) is 60.9 Å². The lowest BCUT2D eigenvalue weighted by Crippen LogP contribution is -2.30. The largest absolute Gasteiger partial charge is 0.457 e. The molecule has 0 aliphatic heterocycles. The van der Waals surface area contributed by atoms with Crippen LogP contribution in [0.2, 0.25) is 5.02 Å². The molecule has 0 bridgehead atoms. The highest BCUT2D eigenvalue weighted by molar-refractivity contribution is 6.30. The fraction of sp³-hybridized carbons (Fsp3) is 0.211. The van der Waals surface area contributed by atoms with E-state index in [-0.39, 0.29) is 0 Å². The molecule has 2 aromatic carbocycles. The van der Waals surface area contributed by atoms with E-state index >= 15 is 0 Å². The molecular weight excluding hydrogens is 322 g/mol. The van der Waals surface area contributed by atoms with E-state index in [1.807, 2.05) is 48.7 Å². The Morgan fingerprint density at radius 2 is 1.92 bits per heavy atom. The summed E-state index contributed by atoms with van der Waals surface area (Å²) in [7, 11) is 0. The lowest BCUT2D eigenvalue weighted by atomic mass is 10.2. The van der Waals surface area contributed by atoms with E-state index < -0.39 is 0 Å². The number of aromatic nitrogens is 2. The van der Waals surface area contributed by atoms with Gasteiger partial charge in [0.05, 0.1) is 6.54 Å². The molecule has 24 heavy (non-hydrogen) atoms. The van der Waals surface area contributed by atoms with Crippen molar-refractivity contribution in [3.63, 3.8) is 0 Å². The second-order valence-electron chi connectivity index (χ2n) is 5.81. The number of halogens is 1. The second-order valence-corrected chi connectivity index (χ2v) is 6.25. The van der Waals surface area contributed by atoms with E-state index in [9.17, 15) is 0 Å². The number of ether oxygens (including phenoxy) is 1. The lowest BCUT2D eigenvalue weighted by Gasteiger charge is -2.28. The molecule has 0 saturated carbocycles. The Morgan fingerprint density at radius 1 is 1.12 bits per heavy atom. The Hall–Kier alpha value is -2.46. The van der Waals surface area contributed by atoms with Gasteiger partial charge >= 0.3 is 0 Å². The van der Waals surface area contributed by atoms with Crippen molar-refractivity contribution in [1.82, 2.24) is 9.97 Å². The van der Waals surface area contributed by atoms with Crippen molar-refractivity contribution >= 4 is 17.3 Å². The van der Waals surface area contributed by atoms with Gasteiger partial charge in [-0.15, -0.1) is 0 Å². The summed E-state index contributed by atoms with van der Waals surface area (Å²) < 4.78 is 5.93. The van der Waals surface area contributed by atoms with Crippen molar-refractivity contribution in [1.29, 1.82) is 0 Å². The molecule has 0 fully saturated rings.